The highest BCUT2D eigenvalue weighted by Gasteiger charge is 2.28. The minimum Gasteiger partial charge on any atom is -0.358 e. The minimum absolute atomic E-state index is 0.0222. The van der Waals surface area contributed by atoms with Crippen LogP contribution in [0, 0.1) is 0 Å². The van der Waals surface area contributed by atoms with Crippen LogP contribution in [0.3, 0.4) is 0 Å². The zero-order valence-corrected chi connectivity index (χ0v) is 11.8. The summed E-state index contributed by atoms with van der Waals surface area (Å²) in [6, 6.07) is 5.54. The van der Waals surface area contributed by atoms with Gasteiger partial charge < -0.3 is 5.32 Å². The maximum Gasteiger partial charge on any atom is 0.184 e. The number of hydrogen-bond donors (Lipinski definition) is 1. The van der Waals surface area contributed by atoms with Crippen LogP contribution in [-0.2, 0) is 9.84 Å². The molecule has 0 spiro atoms. The van der Waals surface area contributed by atoms with Gasteiger partial charge in [-0.15, -0.1) is 0 Å². The van der Waals surface area contributed by atoms with Crippen LogP contribution >= 0.6 is 22.9 Å². The molecule has 1 aromatic heterocycles. The van der Waals surface area contributed by atoms with Gasteiger partial charge in [-0.05, 0) is 24.6 Å². The van der Waals surface area contributed by atoms with E-state index < -0.39 is 9.84 Å². The summed E-state index contributed by atoms with van der Waals surface area (Å²) in [5.41, 5.74) is 0.843. The van der Waals surface area contributed by atoms with Gasteiger partial charge in [0.1, 0.15) is 0 Å². The molecule has 4 nitrogen and oxygen atoms in total. The Morgan fingerprint density at radius 1 is 1.44 bits per heavy atom. The third kappa shape index (κ3) is 2.46. The molecule has 3 rings (SSSR count). The highest BCUT2D eigenvalue weighted by molar-refractivity contribution is 7.91. The summed E-state index contributed by atoms with van der Waals surface area (Å²) in [4.78, 5) is 4.41. The third-order valence-corrected chi connectivity index (χ3v) is 5.88. The number of thiazole rings is 1. The lowest BCUT2D eigenvalue weighted by Crippen LogP contribution is -2.20. The van der Waals surface area contributed by atoms with E-state index in [1.54, 1.807) is 0 Å². The fourth-order valence-electron chi connectivity index (χ4n) is 2.05. The van der Waals surface area contributed by atoms with Gasteiger partial charge in [0.05, 0.1) is 21.7 Å². The predicted molar refractivity (Wildman–Crippen MR) is 75.3 cm³/mol. The lowest BCUT2D eigenvalue weighted by Gasteiger charge is -2.07. The Kier molecular flexibility index (Phi) is 2.96. The number of fused-ring (bicyclic) bond motifs is 1. The second-order valence-corrected chi connectivity index (χ2v) is 8.07. The molecule has 1 aromatic carbocycles. The van der Waals surface area contributed by atoms with Crippen molar-refractivity contribution in [1.29, 1.82) is 0 Å². The molecule has 1 unspecified atom stereocenters. The molecule has 7 heteroatoms. The standard InChI is InChI=1S/C11H11ClN2O2S2/c12-7-1-2-10-9(5-7)14-11(17-10)13-8-3-4-18(15,16)6-8/h1-2,5,8H,3-4,6H2,(H,13,14). The van der Waals surface area contributed by atoms with Crippen molar-refractivity contribution in [2.45, 2.75) is 12.5 Å². The summed E-state index contributed by atoms with van der Waals surface area (Å²) < 4.78 is 23.8. The van der Waals surface area contributed by atoms with E-state index in [1.165, 1.54) is 11.3 Å². The molecule has 1 N–H and O–H groups in total. The smallest absolute Gasteiger partial charge is 0.184 e. The maximum absolute atomic E-state index is 11.4. The molecule has 0 saturated carbocycles. The molecule has 18 heavy (non-hydrogen) atoms. The van der Waals surface area contributed by atoms with Crippen molar-refractivity contribution in [3.8, 4) is 0 Å². The average Bonchev–Trinajstić information content (AvgIpc) is 2.81. The van der Waals surface area contributed by atoms with Crippen LogP contribution in [0.1, 0.15) is 6.42 Å². The quantitative estimate of drug-likeness (QED) is 0.926. The van der Waals surface area contributed by atoms with Crippen LogP contribution in [0.15, 0.2) is 18.2 Å². The van der Waals surface area contributed by atoms with Gasteiger partial charge in [-0.3, -0.25) is 0 Å². The van der Waals surface area contributed by atoms with Crippen LogP contribution in [-0.4, -0.2) is 30.9 Å². The summed E-state index contributed by atoms with van der Waals surface area (Å²) in [7, 11) is -2.86. The number of halogens is 1. The van der Waals surface area contributed by atoms with Crippen molar-refractivity contribution in [3.63, 3.8) is 0 Å². The van der Waals surface area contributed by atoms with Crippen LogP contribution in [0.5, 0.6) is 0 Å². The molecule has 1 atom stereocenters. The normalized spacial score (nSPS) is 22.4. The Hall–Kier alpha value is -0.850. The largest absolute Gasteiger partial charge is 0.358 e. The molecule has 0 bridgehead atoms. The fraction of sp³-hybridized carbons (Fsp3) is 0.364. The molecule has 1 fully saturated rings. The summed E-state index contributed by atoms with van der Waals surface area (Å²) in [6.45, 7) is 0. The van der Waals surface area contributed by atoms with Gasteiger partial charge in [-0.1, -0.05) is 22.9 Å². The Labute approximate surface area is 114 Å². The van der Waals surface area contributed by atoms with E-state index in [-0.39, 0.29) is 17.5 Å². The van der Waals surface area contributed by atoms with Crippen molar-refractivity contribution in [2.24, 2.45) is 0 Å². The second kappa shape index (κ2) is 4.36. The molecule has 2 aromatic rings. The molecule has 0 amide bonds. The van der Waals surface area contributed by atoms with E-state index in [4.69, 9.17) is 11.6 Å². The van der Waals surface area contributed by atoms with Gasteiger partial charge >= 0.3 is 0 Å². The number of hydrogen-bond acceptors (Lipinski definition) is 5. The molecule has 96 valence electrons. The van der Waals surface area contributed by atoms with E-state index >= 15 is 0 Å². The molecule has 1 saturated heterocycles. The number of benzene rings is 1. The second-order valence-electron chi connectivity index (χ2n) is 4.38. The molecule has 2 heterocycles. The zero-order chi connectivity index (χ0) is 12.8. The van der Waals surface area contributed by atoms with E-state index in [9.17, 15) is 8.42 Å². The van der Waals surface area contributed by atoms with Crippen LogP contribution < -0.4 is 5.32 Å². The van der Waals surface area contributed by atoms with E-state index in [1.807, 2.05) is 18.2 Å². The molecule has 1 aliphatic heterocycles. The number of nitrogens with one attached hydrogen (secondary N) is 1. The Morgan fingerprint density at radius 3 is 3.00 bits per heavy atom. The van der Waals surface area contributed by atoms with Gasteiger partial charge in [0.15, 0.2) is 15.0 Å². The molecular formula is C11H11ClN2O2S2. The Bertz CT molecular complexity index is 696. The fourth-order valence-corrected chi connectivity index (χ4v) is 4.81. The SMILES string of the molecule is O=S1(=O)CCC(Nc2nc3cc(Cl)ccc3s2)C1. The summed E-state index contributed by atoms with van der Waals surface area (Å²) in [5, 5.41) is 4.60. The van der Waals surface area contributed by atoms with Crippen molar-refractivity contribution >= 4 is 48.1 Å². The molecule has 0 radical (unpaired) electrons. The topological polar surface area (TPSA) is 59.1 Å². The van der Waals surface area contributed by atoms with Crippen molar-refractivity contribution in [1.82, 2.24) is 4.98 Å². The summed E-state index contributed by atoms with van der Waals surface area (Å²) in [6.07, 6.45) is 0.652. The van der Waals surface area contributed by atoms with Crippen molar-refractivity contribution in [2.75, 3.05) is 16.8 Å². The molecule has 0 aliphatic carbocycles. The first-order valence-electron chi connectivity index (χ1n) is 5.55. The molecular weight excluding hydrogens is 292 g/mol. The average molecular weight is 303 g/mol. The number of aromatic nitrogens is 1. The third-order valence-electron chi connectivity index (χ3n) is 2.91. The van der Waals surface area contributed by atoms with Crippen molar-refractivity contribution < 1.29 is 8.42 Å². The van der Waals surface area contributed by atoms with Gasteiger partial charge in [-0.25, -0.2) is 13.4 Å². The van der Waals surface area contributed by atoms with Gasteiger partial charge in [0.25, 0.3) is 0 Å². The Morgan fingerprint density at radius 2 is 2.28 bits per heavy atom. The zero-order valence-electron chi connectivity index (χ0n) is 9.39. The van der Waals surface area contributed by atoms with Gasteiger partial charge in [0.2, 0.25) is 0 Å². The summed E-state index contributed by atoms with van der Waals surface area (Å²) in [5.74, 6) is 0.463. The minimum atomic E-state index is -2.86. The van der Waals surface area contributed by atoms with Gasteiger partial charge in [-0.2, -0.15) is 0 Å². The maximum atomic E-state index is 11.4. The van der Waals surface area contributed by atoms with E-state index in [0.29, 0.717) is 11.4 Å². The predicted octanol–water partition coefficient (Wildman–Crippen LogP) is 2.55. The van der Waals surface area contributed by atoms with E-state index in [0.717, 1.165) is 15.3 Å². The van der Waals surface area contributed by atoms with E-state index in [2.05, 4.69) is 10.3 Å². The Balaban J connectivity index is 1.83. The summed E-state index contributed by atoms with van der Waals surface area (Å²) >= 11 is 7.42. The highest BCUT2D eigenvalue weighted by Crippen LogP contribution is 2.29. The van der Waals surface area contributed by atoms with Crippen LogP contribution in [0.2, 0.25) is 5.02 Å². The van der Waals surface area contributed by atoms with Crippen molar-refractivity contribution in [3.05, 3.63) is 23.2 Å². The lowest BCUT2D eigenvalue weighted by molar-refractivity contribution is 0.602. The number of anilines is 1. The highest BCUT2D eigenvalue weighted by atomic mass is 35.5. The van der Waals surface area contributed by atoms with Crippen LogP contribution in [0.25, 0.3) is 10.2 Å². The number of sulfone groups is 1. The lowest BCUT2D eigenvalue weighted by atomic mass is 10.3. The number of nitrogens with zero attached hydrogens (tertiary/aromatic N) is 1. The monoisotopic (exact) mass is 302 g/mol. The first kappa shape index (κ1) is 12.2. The van der Waals surface area contributed by atoms with Gasteiger partial charge in [0, 0.05) is 11.1 Å². The van der Waals surface area contributed by atoms with Crippen LogP contribution in [0.4, 0.5) is 5.13 Å². The first-order chi connectivity index (χ1) is 8.52. The first-order valence-corrected chi connectivity index (χ1v) is 8.56. The number of rotatable bonds is 2. The molecule has 1 aliphatic rings.